The molecule has 0 saturated carbocycles. The molecule has 1 N–H and O–H groups in total. The van der Waals surface area contributed by atoms with Gasteiger partial charge in [-0.2, -0.15) is 0 Å². The summed E-state index contributed by atoms with van der Waals surface area (Å²) in [5.74, 6) is 0. The number of nitrogens with one attached hydrogen (secondary N) is 1. The summed E-state index contributed by atoms with van der Waals surface area (Å²) in [6, 6.07) is 20.2. The van der Waals surface area contributed by atoms with Crippen molar-refractivity contribution in [1.82, 2.24) is 14.7 Å². The summed E-state index contributed by atoms with van der Waals surface area (Å²) in [5.41, 5.74) is 4.22. The summed E-state index contributed by atoms with van der Waals surface area (Å²) in [5, 5.41) is 3.28. The van der Waals surface area contributed by atoms with Crippen molar-refractivity contribution in [3.05, 3.63) is 87.8 Å². The van der Waals surface area contributed by atoms with Crippen LogP contribution in [0, 0.1) is 0 Å². The van der Waals surface area contributed by atoms with Gasteiger partial charge in [-0.3, -0.25) is 14.8 Å². The van der Waals surface area contributed by atoms with Crippen molar-refractivity contribution < 1.29 is 0 Å². The van der Waals surface area contributed by atoms with Crippen molar-refractivity contribution in [3.63, 3.8) is 0 Å². The average Bonchev–Trinajstić information content (AvgIpc) is 2.93. The van der Waals surface area contributed by atoms with Crippen molar-refractivity contribution in [2.75, 3.05) is 6.54 Å². The number of para-hydroxylation sites is 1. The number of benzene rings is 2. The Kier molecular flexibility index (Phi) is 4.88. The first-order valence-electron chi connectivity index (χ1n) is 7.96. The highest BCUT2D eigenvalue weighted by Gasteiger charge is 2.23. The summed E-state index contributed by atoms with van der Waals surface area (Å²) in [6.07, 6.45) is 0.886. The van der Waals surface area contributed by atoms with Crippen molar-refractivity contribution in [2.45, 2.75) is 19.5 Å². The van der Waals surface area contributed by atoms with Gasteiger partial charge in [-0.25, -0.2) is 4.68 Å². The van der Waals surface area contributed by atoms with Crippen LogP contribution in [-0.2, 0) is 19.5 Å². The second-order valence-electron chi connectivity index (χ2n) is 5.99. The average molecular weight is 342 g/mol. The number of aromatic nitrogens is 2. The van der Waals surface area contributed by atoms with Gasteiger partial charge in [-0.05, 0) is 17.7 Å². The van der Waals surface area contributed by atoms with Gasteiger partial charge in [0.25, 0.3) is 5.56 Å². The van der Waals surface area contributed by atoms with E-state index >= 15 is 0 Å². The topological polar surface area (TPSA) is 41.0 Å². The second kappa shape index (κ2) is 7.07. The summed E-state index contributed by atoms with van der Waals surface area (Å²) < 4.78 is 1.66. The molecule has 4 rings (SSSR count). The van der Waals surface area contributed by atoms with Crippen LogP contribution < -0.4 is 5.56 Å². The fourth-order valence-corrected chi connectivity index (χ4v) is 3.20. The Morgan fingerprint density at radius 1 is 0.958 bits per heavy atom. The standard InChI is InChI=1S/C19H19N3O.ClH/c23-19-17-14-21(13-15-7-3-1-4-8-15)12-11-18(17)20-22(19)16-9-5-2-6-10-16;/h1-10,20H,11-14H2;1H. The van der Waals surface area contributed by atoms with Crippen LogP contribution in [-0.4, -0.2) is 21.2 Å². The SMILES string of the molecule is Cl.O=c1c2c([nH]n1-c1ccccc1)CCN(Cc1ccccc1)C2. The van der Waals surface area contributed by atoms with Crippen molar-refractivity contribution in [3.8, 4) is 5.69 Å². The molecule has 0 bridgehead atoms. The van der Waals surface area contributed by atoms with E-state index in [1.54, 1.807) is 4.68 Å². The van der Waals surface area contributed by atoms with E-state index in [9.17, 15) is 4.79 Å². The quantitative estimate of drug-likeness (QED) is 0.795. The number of fused-ring (bicyclic) bond motifs is 1. The Bertz CT molecular complexity index is 855. The lowest BCUT2D eigenvalue weighted by atomic mass is 10.1. The molecule has 0 fully saturated rings. The van der Waals surface area contributed by atoms with Crippen molar-refractivity contribution in [2.24, 2.45) is 0 Å². The first-order valence-corrected chi connectivity index (χ1v) is 7.96. The summed E-state index contributed by atoms with van der Waals surface area (Å²) in [7, 11) is 0. The number of halogens is 1. The second-order valence-corrected chi connectivity index (χ2v) is 5.99. The van der Waals surface area contributed by atoms with Crippen LogP contribution in [0.3, 0.4) is 0 Å². The largest absolute Gasteiger partial charge is 0.295 e. The molecule has 1 aromatic heterocycles. The maximum Gasteiger partial charge on any atom is 0.275 e. The first-order chi connectivity index (χ1) is 11.3. The van der Waals surface area contributed by atoms with Gasteiger partial charge in [0, 0.05) is 31.7 Å². The number of H-pyrrole nitrogens is 1. The number of aromatic amines is 1. The molecule has 1 aliphatic rings. The monoisotopic (exact) mass is 341 g/mol. The third kappa shape index (κ3) is 3.16. The first kappa shape index (κ1) is 16.6. The van der Waals surface area contributed by atoms with Crippen LogP contribution in [0.1, 0.15) is 16.8 Å². The normalized spacial score (nSPS) is 14.0. The zero-order valence-corrected chi connectivity index (χ0v) is 14.1. The van der Waals surface area contributed by atoms with Crippen LogP contribution in [0.2, 0.25) is 0 Å². The summed E-state index contributed by atoms with van der Waals surface area (Å²) in [4.78, 5) is 15.1. The molecule has 124 valence electrons. The summed E-state index contributed by atoms with van der Waals surface area (Å²) >= 11 is 0. The van der Waals surface area contributed by atoms with Gasteiger partial charge < -0.3 is 0 Å². The van der Waals surface area contributed by atoms with E-state index in [1.165, 1.54) is 5.56 Å². The highest BCUT2D eigenvalue weighted by molar-refractivity contribution is 5.85. The lowest BCUT2D eigenvalue weighted by Gasteiger charge is -2.25. The van der Waals surface area contributed by atoms with Crippen LogP contribution in [0.5, 0.6) is 0 Å². The van der Waals surface area contributed by atoms with E-state index in [0.717, 1.165) is 36.5 Å². The molecule has 0 spiro atoms. The van der Waals surface area contributed by atoms with Gasteiger partial charge in [0.15, 0.2) is 0 Å². The van der Waals surface area contributed by atoms with E-state index in [2.05, 4.69) is 34.3 Å². The molecule has 24 heavy (non-hydrogen) atoms. The molecular formula is C19H20ClN3O. The Labute approximate surface area is 147 Å². The zero-order valence-electron chi connectivity index (χ0n) is 13.3. The molecule has 2 heterocycles. The molecule has 2 aromatic carbocycles. The molecule has 0 aliphatic carbocycles. The summed E-state index contributed by atoms with van der Waals surface area (Å²) in [6.45, 7) is 2.56. The molecule has 0 unspecified atom stereocenters. The van der Waals surface area contributed by atoms with E-state index in [-0.39, 0.29) is 18.0 Å². The molecular weight excluding hydrogens is 322 g/mol. The van der Waals surface area contributed by atoms with Crippen molar-refractivity contribution in [1.29, 1.82) is 0 Å². The smallest absolute Gasteiger partial charge is 0.275 e. The van der Waals surface area contributed by atoms with Gasteiger partial charge in [0.2, 0.25) is 0 Å². The predicted molar refractivity (Wildman–Crippen MR) is 97.9 cm³/mol. The number of rotatable bonds is 3. The van der Waals surface area contributed by atoms with Gasteiger partial charge in [-0.15, -0.1) is 12.4 Å². The molecule has 4 nitrogen and oxygen atoms in total. The fraction of sp³-hybridized carbons (Fsp3) is 0.211. The van der Waals surface area contributed by atoms with Crippen molar-refractivity contribution >= 4 is 12.4 Å². The third-order valence-corrected chi connectivity index (χ3v) is 4.40. The van der Waals surface area contributed by atoms with Gasteiger partial charge in [0.1, 0.15) is 0 Å². The molecule has 0 amide bonds. The third-order valence-electron chi connectivity index (χ3n) is 4.40. The van der Waals surface area contributed by atoms with E-state index in [0.29, 0.717) is 6.54 Å². The maximum atomic E-state index is 12.7. The lowest BCUT2D eigenvalue weighted by molar-refractivity contribution is 0.244. The minimum Gasteiger partial charge on any atom is -0.295 e. The van der Waals surface area contributed by atoms with E-state index < -0.39 is 0 Å². The Morgan fingerprint density at radius 2 is 1.62 bits per heavy atom. The minimum absolute atomic E-state index is 0. The van der Waals surface area contributed by atoms with E-state index in [4.69, 9.17) is 0 Å². The molecule has 0 saturated heterocycles. The lowest BCUT2D eigenvalue weighted by Crippen LogP contribution is -2.32. The van der Waals surface area contributed by atoms with Gasteiger partial charge in [-0.1, -0.05) is 48.5 Å². The van der Waals surface area contributed by atoms with Crippen LogP contribution in [0.4, 0.5) is 0 Å². The van der Waals surface area contributed by atoms with Crippen LogP contribution in [0.25, 0.3) is 5.69 Å². The molecule has 0 radical (unpaired) electrons. The highest BCUT2D eigenvalue weighted by atomic mass is 35.5. The van der Waals surface area contributed by atoms with E-state index in [1.807, 2.05) is 36.4 Å². The Hall–Kier alpha value is -2.30. The molecule has 5 heteroatoms. The molecule has 1 aliphatic heterocycles. The number of nitrogens with zero attached hydrogens (tertiary/aromatic N) is 2. The van der Waals surface area contributed by atoms with Crippen LogP contribution >= 0.6 is 12.4 Å². The Morgan fingerprint density at radius 3 is 2.33 bits per heavy atom. The molecule has 3 aromatic rings. The number of hydrogen-bond acceptors (Lipinski definition) is 2. The Balaban J connectivity index is 0.00000169. The predicted octanol–water partition coefficient (Wildman–Crippen LogP) is 3.15. The fourth-order valence-electron chi connectivity index (χ4n) is 3.20. The maximum absolute atomic E-state index is 12.7. The number of hydrogen-bond donors (Lipinski definition) is 1. The zero-order chi connectivity index (χ0) is 15.6. The molecule has 0 atom stereocenters. The van der Waals surface area contributed by atoms with Gasteiger partial charge in [0.05, 0.1) is 11.3 Å². The van der Waals surface area contributed by atoms with Gasteiger partial charge >= 0.3 is 0 Å². The van der Waals surface area contributed by atoms with Crippen LogP contribution in [0.15, 0.2) is 65.5 Å². The minimum atomic E-state index is 0. The highest BCUT2D eigenvalue weighted by Crippen LogP contribution is 2.18.